The van der Waals surface area contributed by atoms with Crippen LogP contribution in [0.4, 0.5) is 0 Å². The van der Waals surface area contributed by atoms with Crippen molar-refractivity contribution in [2.75, 3.05) is 14.2 Å². The van der Waals surface area contributed by atoms with Crippen LogP contribution in [0.3, 0.4) is 0 Å². The fraction of sp³-hybridized carbons (Fsp3) is 0.267. The summed E-state index contributed by atoms with van der Waals surface area (Å²) in [6, 6.07) is 11.6. The topological polar surface area (TPSA) is 43.4 Å². The third-order valence-electron chi connectivity index (χ3n) is 2.98. The van der Waals surface area contributed by atoms with Crippen LogP contribution in [0.15, 0.2) is 42.6 Å². The molecule has 2 rings (SSSR count). The van der Waals surface area contributed by atoms with Crippen LogP contribution < -0.4 is 14.8 Å². The molecule has 0 spiro atoms. The van der Waals surface area contributed by atoms with Gasteiger partial charge in [-0.3, -0.25) is 0 Å². The highest BCUT2D eigenvalue weighted by atomic mass is 16.5. The number of methoxy groups -OCH3 is 1. The Morgan fingerprint density at radius 2 is 1.84 bits per heavy atom. The van der Waals surface area contributed by atoms with Crippen LogP contribution in [-0.2, 0) is 0 Å². The Labute approximate surface area is 113 Å². The van der Waals surface area contributed by atoms with Crippen molar-refractivity contribution in [2.45, 2.75) is 13.0 Å². The van der Waals surface area contributed by atoms with Crippen LogP contribution in [0.25, 0.3) is 0 Å². The number of pyridine rings is 1. The SMILES string of the molecule is CNC(C)c1ccc(Oc2ccccc2OC)nc1. The Hall–Kier alpha value is -2.07. The number of benzene rings is 1. The van der Waals surface area contributed by atoms with Gasteiger partial charge in [0.15, 0.2) is 11.5 Å². The van der Waals surface area contributed by atoms with Gasteiger partial charge in [0, 0.05) is 18.3 Å². The number of ether oxygens (including phenoxy) is 2. The molecular formula is C15H18N2O2. The summed E-state index contributed by atoms with van der Waals surface area (Å²) in [6.45, 7) is 2.08. The molecule has 100 valence electrons. The number of para-hydroxylation sites is 2. The van der Waals surface area contributed by atoms with E-state index in [1.165, 1.54) is 0 Å². The quantitative estimate of drug-likeness (QED) is 0.894. The second-order valence-electron chi connectivity index (χ2n) is 4.19. The van der Waals surface area contributed by atoms with Gasteiger partial charge in [0.25, 0.3) is 0 Å². The van der Waals surface area contributed by atoms with E-state index in [1.807, 2.05) is 49.6 Å². The van der Waals surface area contributed by atoms with E-state index < -0.39 is 0 Å². The molecule has 0 bridgehead atoms. The van der Waals surface area contributed by atoms with Crippen molar-refractivity contribution in [3.8, 4) is 17.4 Å². The summed E-state index contributed by atoms with van der Waals surface area (Å²) in [5.41, 5.74) is 1.12. The van der Waals surface area contributed by atoms with Crippen molar-refractivity contribution >= 4 is 0 Å². The minimum absolute atomic E-state index is 0.271. The van der Waals surface area contributed by atoms with Crippen molar-refractivity contribution in [2.24, 2.45) is 0 Å². The average Bonchev–Trinajstić information content (AvgIpc) is 2.48. The Bertz CT molecular complexity index is 526. The van der Waals surface area contributed by atoms with E-state index in [4.69, 9.17) is 9.47 Å². The van der Waals surface area contributed by atoms with Gasteiger partial charge in [0.05, 0.1) is 7.11 Å². The Balaban J connectivity index is 2.15. The normalized spacial score (nSPS) is 11.9. The summed E-state index contributed by atoms with van der Waals surface area (Å²) in [4.78, 5) is 4.30. The van der Waals surface area contributed by atoms with Crippen LogP contribution >= 0.6 is 0 Å². The van der Waals surface area contributed by atoms with Gasteiger partial charge >= 0.3 is 0 Å². The van der Waals surface area contributed by atoms with Gasteiger partial charge in [-0.05, 0) is 31.7 Å². The molecule has 0 radical (unpaired) electrons. The summed E-state index contributed by atoms with van der Waals surface area (Å²) < 4.78 is 10.9. The molecule has 0 aliphatic rings. The van der Waals surface area contributed by atoms with E-state index in [1.54, 1.807) is 7.11 Å². The molecule has 4 heteroatoms. The summed E-state index contributed by atoms with van der Waals surface area (Å²) in [5.74, 6) is 1.90. The molecule has 0 saturated heterocycles. The summed E-state index contributed by atoms with van der Waals surface area (Å²) >= 11 is 0. The summed E-state index contributed by atoms with van der Waals surface area (Å²) in [6.07, 6.45) is 1.81. The van der Waals surface area contributed by atoms with E-state index in [0.717, 1.165) is 5.56 Å². The van der Waals surface area contributed by atoms with Gasteiger partial charge < -0.3 is 14.8 Å². The van der Waals surface area contributed by atoms with Gasteiger partial charge in [-0.25, -0.2) is 4.98 Å². The summed E-state index contributed by atoms with van der Waals surface area (Å²) in [7, 11) is 3.54. The lowest BCUT2D eigenvalue weighted by atomic mass is 10.1. The number of aromatic nitrogens is 1. The summed E-state index contributed by atoms with van der Waals surface area (Å²) in [5, 5.41) is 3.17. The molecular weight excluding hydrogens is 240 g/mol. The standard InChI is InChI=1S/C15H18N2O2/c1-11(16-2)12-8-9-15(17-10-12)19-14-7-5-4-6-13(14)18-3/h4-11,16H,1-3H3. The van der Waals surface area contributed by atoms with Gasteiger partial charge in [-0.1, -0.05) is 18.2 Å². The van der Waals surface area contributed by atoms with Gasteiger partial charge in [0.1, 0.15) is 0 Å². The van der Waals surface area contributed by atoms with Gasteiger partial charge in [-0.2, -0.15) is 0 Å². The first-order chi connectivity index (χ1) is 9.24. The van der Waals surface area contributed by atoms with E-state index in [0.29, 0.717) is 17.4 Å². The fourth-order valence-electron chi connectivity index (χ4n) is 1.69. The fourth-order valence-corrected chi connectivity index (χ4v) is 1.69. The average molecular weight is 258 g/mol. The van der Waals surface area contributed by atoms with E-state index in [2.05, 4.69) is 17.2 Å². The number of hydrogen-bond acceptors (Lipinski definition) is 4. The zero-order valence-electron chi connectivity index (χ0n) is 11.4. The molecule has 0 saturated carbocycles. The zero-order valence-corrected chi connectivity index (χ0v) is 11.4. The maximum Gasteiger partial charge on any atom is 0.219 e. The van der Waals surface area contributed by atoms with E-state index in [-0.39, 0.29) is 6.04 Å². The molecule has 2 aromatic rings. The maximum atomic E-state index is 5.71. The predicted octanol–water partition coefficient (Wildman–Crippen LogP) is 3.16. The lowest BCUT2D eigenvalue weighted by Gasteiger charge is -2.12. The van der Waals surface area contributed by atoms with Crippen molar-refractivity contribution in [3.05, 3.63) is 48.2 Å². The van der Waals surface area contributed by atoms with E-state index in [9.17, 15) is 0 Å². The van der Waals surface area contributed by atoms with Crippen molar-refractivity contribution in [1.29, 1.82) is 0 Å². The Kier molecular flexibility index (Phi) is 4.36. The second-order valence-corrected chi connectivity index (χ2v) is 4.19. The minimum atomic E-state index is 0.271. The minimum Gasteiger partial charge on any atom is -0.493 e. The lowest BCUT2D eigenvalue weighted by molar-refractivity contribution is 0.374. The lowest BCUT2D eigenvalue weighted by Crippen LogP contribution is -2.12. The van der Waals surface area contributed by atoms with Crippen LogP contribution in [-0.4, -0.2) is 19.1 Å². The van der Waals surface area contributed by atoms with Crippen LogP contribution in [0.2, 0.25) is 0 Å². The number of hydrogen-bond donors (Lipinski definition) is 1. The first-order valence-electron chi connectivity index (χ1n) is 6.18. The van der Waals surface area contributed by atoms with Gasteiger partial charge in [-0.15, -0.1) is 0 Å². The molecule has 4 nitrogen and oxygen atoms in total. The second kappa shape index (κ2) is 6.20. The highest BCUT2D eigenvalue weighted by molar-refractivity contribution is 5.41. The van der Waals surface area contributed by atoms with Crippen LogP contribution in [0, 0.1) is 0 Å². The van der Waals surface area contributed by atoms with E-state index >= 15 is 0 Å². The monoisotopic (exact) mass is 258 g/mol. The molecule has 0 amide bonds. The number of nitrogens with one attached hydrogen (secondary N) is 1. The van der Waals surface area contributed by atoms with Crippen molar-refractivity contribution in [1.82, 2.24) is 10.3 Å². The predicted molar refractivity (Wildman–Crippen MR) is 74.8 cm³/mol. The maximum absolute atomic E-state index is 5.71. The van der Waals surface area contributed by atoms with Crippen molar-refractivity contribution in [3.63, 3.8) is 0 Å². The third-order valence-corrected chi connectivity index (χ3v) is 2.98. The molecule has 1 N–H and O–H groups in total. The number of rotatable bonds is 5. The first-order valence-corrected chi connectivity index (χ1v) is 6.18. The third kappa shape index (κ3) is 3.23. The molecule has 0 aliphatic carbocycles. The molecule has 0 fully saturated rings. The molecule has 19 heavy (non-hydrogen) atoms. The Morgan fingerprint density at radius 1 is 1.11 bits per heavy atom. The molecule has 1 unspecified atom stereocenters. The molecule has 1 atom stereocenters. The number of nitrogens with zero attached hydrogens (tertiary/aromatic N) is 1. The van der Waals surface area contributed by atoms with Gasteiger partial charge in [0.2, 0.25) is 5.88 Å². The molecule has 1 heterocycles. The van der Waals surface area contributed by atoms with Crippen molar-refractivity contribution < 1.29 is 9.47 Å². The molecule has 1 aromatic carbocycles. The highest BCUT2D eigenvalue weighted by Gasteiger charge is 2.07. The first kappa shape index (κ1) is 13.4. The largest absolute Gasteiger partial charge is 0.493 e. The zero-order chi connectivity index (χ0) is 13.7. The molecule has 0 aliphatic heterocycles. The molecule has 1 aromatic heterocycles. The smallest absolute Gasteiger partial charge is 0.219 e. The van der Waals surface area contributed by atoms with Crippen LogP contribution in [0.1, 0.15) is 18.5 Å². The highest BCUT2D eigenvalue weighted by Crippen LogP contribution is 2.30. The van der Waals surface area contributed by atoms with Crippen LogP contribution in [0.5, 0.6) is 17.4 Å². The Morgan fingerprint density at radius 3 is 2.42 bits per heavy atom.